The summed E-state index contributed by atoms with van der Waals surface area (Å²) in [6.45, 7) is 4.16. The molecule has 1 aromatic heterocycles. The van der Waals surface area contributed by atoms with Crippen LogP contribution in [0.1, 0.15) is 36.2 Å². The highest BCUT2D eigenvalue weighted by atomic mass is 19.1. The van der Waals surface area contributed by atoms with E-state index >= 15 is 0 Å². The molecule has 4 rings (SSSR count). The molecule has 1 aromatic carbocycles. The molecule has 0 radical (unpaired) electrons. The van der Waals surface area contributed by atoms with Gasteiger partial charge in [-0.3, -0.25) is 19.3 Å². The van der Waals surface area contributed by atoms with Crippen molar-refractivity contribution >= 4 is 11.8 Å². The third kappa shape index (κ3) is 5.21. The van der Waals surface area contributed by atoms with Crippen molar-refractivity contribution in [2.24, 2.45) is 5.92 Å². The van der Waals surface area contributed by atoms with Gasteiger partial charge in [0.25, 0.3) is 11.5 Å². The Morgan fingerprint density at radius 2 is 1.69 bits per heavy atom. The first kappa shape index (κ1) is 22.1. The fourth-order valence-corrected chi connectivity index (χ4v) is 4.34. The third-order valence-electron chi connectivity index (χ3n) is 6.21. The number of benzene rings is 1. The number of piperazine rings is 1. The molecule has 9 heteroatoms. The molecule has 170 valence electrons. The second-order valence-electron chi connectivity index (χ2n) is 8.35. The summed E-state index contributed by atoms with van der Waals surface area (Å²) >= 11 is 0. The van der Waals surface area contributed by atoms with Crippen LogP contribution in [0.15, 0.2) is 41.2 Å². The maximum Gasteiger partial charge on any atom is 0.271 e. The van der Waals surface area contributed by atoms with Crippen molar-refractivity contribution in [3.05, 3.63) is 58.3 Å². The molecule has 1 N–H and O–H groups in total. The Labute approximate surface area is 186 Å². The van der Waals surface area contributed by atoms with Gasteiger partial charge in [0, 0.05) is 51.3 Å². The number of nitrogens with one attached hydrogen (secondary N) is 1. The molecule has 2 amide bonds. The van der Waals surface area contributed by atoms with Crippen LogP contribution in [-0.4, -0.2) is 70.7 Å². The van der Waals surface area contributed by atoms with Crippen molar-refractivity contribution in [3.63, 3.8) is 0 Å². The first-order valence-corrected chi connectivity index (χ1v) is 11.2. The molecule has 8 nitrogen and oxygen atoms in total. The lowest BCUT2D eigenvalue weighted by atomic mass is 10.1. The van der Waals surface area contributed by atoms with Crippen LogP contribution in [0.2, 0.25) is 0 Å². The zero-order valence-electron chi connectivity index (χ0n) is 18.0. The minimum absolute atomic E-state index is 0.112. The third-order valence-corrected chi connectivity index (χ3v) is 6.21. The highest BCUT2D eigenvalue weighted by Crippen LogP contribution is 2.26. The van der Waals surface area contributed by atoms with Crippen LogP contribution >= 0.6 is 0 Å². The quantitative estimate of drug-likeness (QED) is 0.733. The minimum atomic E-state index is -0.417. The van der Waals surface area contributed by atoms with Crippen LogP contribution in [-0.2, 0) is 4.79 Å². The Hall–Kier alpha value is -3.07. The average Bonchev–Trinajstić information content (AvgIpc) is 3.35. The maximum atomic E-state index is 13.1. The number of hydrogen-bond acceptors (Lipinski definition) is 5. The smallest absolute Gasteiger partial charge is 0.271 e. The fourth-order valence-electron chi connectivity index (χ4n) is 4.34. The van der Waals surface area contributed by atoms with E-state index in [-0.39, 0.29) is 17.5 Å². The molecule has 1 saturated heterocycles. The monoisotopic (exact) mass is 441 g/mol. The van der Waals surface area contributed by atoms with E-state index in [2.05, 4.69) is 15.3 Å². The van der Waals surface area contributed by atoms with E-state index in [0.717, 1.165) is 56.5 Å². The van der Waals surface area contributed by atoms with Crippen molar-refractivity contribution in [2.75, 3.05) is 39.3 Å². The molecule has 0 atom stereocenters. The van der Waals surface area contributed by atoms with Crippen LogP contribution in [0.3, 0.4) is 0 Å². The lowest BCUT2D eigenvalue weighted by Crippen LogP contribution is -2.51. The molecule has 0 spiro atoms. The van der Waals surface area contributed by atoms with Crippen molar-refractivity contribution < 1.29 is 14.0 Å². The van der Waals surface area contributed by atoms with Gasteiger partial charge in [0.15, 0.2) is 0 Å². The van der Waals surface area contributed by atoms with Crippen LogP contribution in [0, 0.1) is 11.7 Å². The second kappa shape index (κ2) is 10.0. The largest absolute Gasteiger partial charge is 0.349 e. The molecule has 2 fully saturated rings. The SMILES string of the molecule is O=C(NCCN1CCN(C(=O)C2CCCC2)CC1)c1ccc(=O)n(-c2ccc(F)cc2)n1. The Morgan fingerprint density at radius 3 is 2.38 bits per heavy atom. The first-order chi connectivity index (χ1) is 15.5. The summed E-state index contributed by atoms with van der Waals surface area (Å²) in [5, 5.41) is 6.95. The number of carbonyl (C=O) groups is 2. The van der Waals surface area contributed by atoms with E-state index in [1.165, 1.54) is 36.4 Å². The van der Waals surface area contributed by atoms with Crippen LogP contribution in [0.5, 0.6) is 0 Å². The molecule has 2 aromatic rings. The summed E-state index contributed by atoms with van der Waals surface area (Å²) in [5.41, 5.74) is 0.0927. The predicted octanol–water partition coefficient (Wildman–Crippen LogP) is 1.44. The van der Waals surface area contributed by atoms with Gasteiger partial charge >= 0.3 is 0 Å². The molecule has 2 aliphatic rings. The van der Waals surface area contributed by atoms with Gasteiger partial charge in [0.1, 0.15) is 11.5 Å². The minimum Gasteiger partial charge on any atom is -0.349 e. The van der Waals surface area contributed by atoms with E-state index in [4.69, 9.17) is 0 Å². The van der Waals surface area contributed by atoms with Gasteiger partial charge in [-0.25, -0.2) is 4.39 Å². The first-order valence-electron chi connectivity index (χ1n) is 11.2. The number of nitrogens with zero attached hydrogens (tertiary/aromatic N) is 4. The number of amides is 2. The number of aromatic nitrogens is 2. The summed E-state index contributed by atoms with van der Waals surface area (Å²) < 4.78 is 14.2. The fraction of sp³-hybridized carbons (Fsp3) is 0.478. The number of carbonyl (C=O) groups excluding carboxylic acids is 2. The number of halogens is 1. The molecule has 1 aliphatic carbocycles. The zero-order chi connectivity index (χ0) is 22.5. The van der Waals surface area contributed by atoms with E-state index in [1.807, 2.05) is 4.90 Å². The molecule has 1 saturated carbocycles. The van der Waals surface area contributed by atoms with Crippen molar-refractivity contribution in [3.8, 4) is 5.69 Å². The topological polar surface area (TPSA) is 87.5 Å². The zero-order valence-corrected chi connectivity index (χ0v) is 18.0. The molecule has 1 aliphatic heterocycles. The van der Waals surface area contributed by atoms with Crippen molar-refractivity contribution in [1.29, 1.82) is 0 Å². The lowest BCUT2D eigenvalue weighted by molar-refractivity contribution is -0.137. The molecule has 32 heavy (non-hydrogen) atoms. The highest BCUT2D eigenvalue weighted by molar-refractivity contribution is 5.92. The summed E-state index contributed by atoms with van der Waals surface area (Å²) in [5.74, 6) is -0.278. The van der Waals surface area contributed by atoms with Crippen molar-refractivity contribution in [1.82, 2.24) is 24.9 Å². The normalized spacial score (nSPS) is 17.5. The number of hydrogen-bond donors (Lipinski definition) is 1. The summed E-state index contributed by atoms with van der Waals surface area (Å²) in [6.07, 6.45) is 4.36. The van der Waals surface area contributed by atoms with E-state index < -0.39 is 11.4 Å². The summed E-state index contributed by atoms with van der Waals surface area (Å²) in [7, 11) is 0. The molecular weight excluding hydrogens is 413 g/mol. The Balaban J connectivity index is 1.26. The predicted molar refractivity (Wildman–Crippen MR) is 117 cm³/mol. The van der Waals surface area contributed by atoms with Crippen LogP contribution in [0.4, 0.5) is 4.39 Å². The molecule has 0 bridgehead atoms. The Bertz CT molecular complexity index is 1010. The van der Waals surface area contributed by atoms with E-state index in [0.29, 0.717) is 24.7 Å². The molecule has 2 heterocycles. The average molecular weight is 442 g/mol. The number of rotatable bonds is 6. The van der Waals surface area contributed by atoms with Gasteiger partial charge in [-0.15, -0.1) is 0 Å². The molecule has 0 unspecified atom stereocenters. The van der Waals surface area contributed by atoms with E-state index in [9.17, 15) is 18.8 Å². The van der Waals surface area contributed by atoms with Gasteiger partial charge in [-0.2, -0.15) is 9.78 Å². The van der Waals surface area contributed by atoms with Crippen LogP contribution in [0.25, 0.3) is 5.69 Å². The van der Waals surface area contributed by atoms with Gasteiger partial charge in [0.2, 0.25) is 5.91 Å². The standard InChI is InChI=1S/C23H28FN5O3/c24-18-5-7-19(8-6-18)29-21(30)10-9-20(26-29)22(31)25-11-12-27-13-15-28(16-14-27)23(32)17-3-1-2-4-17/h5-10,17H,1-4,11-16H2,(H,25,31). The summed E-state index contributed by atoms with van der Waals surface area (Å²) in [6, 6.07) is 7.98. The second-order valence-corrected chi connectivity index (χ2v) is 8.35. The van der Waals surface area contributed by atoms with Gasteiger partial charge in [0.05, 0.1) is 5.69 Å². The Morgan fingerprint density at radius 1 is 1.00 bits per heavy atom. The lowest BCUT2D eigenvalue weighted by Gasteiger charge is -2.36. The maximum absolute atomic E-state index is 13.1. The highest BCUT2D eigenvalue weighted by Gasteiger charge is 2.29. The van der Waals surface area contributed by atoms with E-state index in [1.54, 1.807) is 0 Å². The Kier molecular flexibility index (Phi) is 6.94. The summed E-state index contributed by atoms with van der Waals surface area (Å²) in [4.78, 5) is 41.3. The van der Waals surface area contributed by atoms with Gasteiger partial charge < -0.3 is 10.2 Å². The molecular formula is C23H28FN5O3. The van der Waals surface area contributed by atoms with Crippen molar-refractivity contribution in [2.45, 2.75) is 25.7 Å². The van der Waals surface area contributed by atoms with Gasteiger partial charge in [-0.1, -0.05) is 12.8 Å². The van der Waals surface area contributed by atoms with Gasteiger partial charge in [-0.05, 0) is 43.2 Å². The van der Waals surface area contributed by atoms with Crippen LogP contribution < -0.4 is 10.9 Å².